The van der Waals surface area contributed by atoms with Crippen LogP contribution in [0.1, 0.15) is 32.3 Å². The van der Waals surface area contributed by atoms with Gasteiger partial charge in [-0.2, -0.15) is 5.26 Å². The van der Waals surface area contributed by atoms with Gasteiger partial charge in [-0.1, -0.05) is 0 Å². The first-order chi connectivity index (χ1) is 9.51. The molecule has 0 aromatic heterocycles. The fourth-order valence-electron chi connectivity index (χ4n) is 2.21. The first kappa shape index (κ1) is 14.8. The van der Waals surface area contributed by atoms with Gasteiger partial charge in [0.1, 0.15) is 18.5 Å². The Morgan fingerprint density at radius 1 is 1.40 bits per heavy atom. The van der Waals surface area contributed by atoms with Crippen LogP contribution in [0, 0.1) is 17.2 Å². The molecule has 1 aliphatic carbocycles. The van der Waals surface area contributed by atoms with Crippen molar-refractivity contribution in [1.82, 2.24) is 5.32 Å². The number of hydrogen-bond acceptors (Lipinski definition) is 4. The molecule has 0 radical (unpaired) electrons. The van der Waals surface area contributed by atoms with Crippen LogP contribution >= 0.6 is 0 Å². The van der Waals surface area contributed by atoms with Gasteiger partial charge >= 0.3 is 0 Å². The van der Waals surface area contributed by atoms with E-state index in [9.17, 15) is 5.11 Å². The second kappa shape index (κ2) is 6.25. The molecule has 2 rings (SSSR count). The quantitative estimate of drug-likeness (QED) is 0.799. The highest BCUT2D eigenvalue weighted by Gasteiger charge is 2.37. The molecule has 0 spiro atoms. The monoisotopic (exact) mass is 274 g/mol. The zero-order valence-corrected chi connectivity index (χ0v) is 12.1. The van der Waals surface area contributed by atoms with Crippen LogP contribution in [0.25, 0.3) is 0 Å². The van der Waals surface area contributed by atoms with Gasteiger partial charge in [0.05, 0.1) is 11.6 Å². The van der Waals surface area contributed by atoms with E-state index >= 15 is 0 Å². The molecule has 108 valence electrons. The van der Waals surface area contributed by atoms with Crippen LogP contribution in [0.3, 0.4) is 0 Å². The van der Waals surface area contributed by atoms with Gasteiger partial charge in [-0.3, -0.25) is 0 Å². The predicted octanol–water partition coefficient (Wildman–Crippen LogP) is 2.08. The predicted molar refractivity (Wildman–Crippen MR) is 77.5 cm³/mol. The average molecular weight is 274 g/mol. The van der Waals surface area contributed by atoms with Crippen molar-refractivity contribution in [2.75, 3.05) is 13.2 Å². The van der Waals surface area contributed by atoms with Crippen LogP contribution < -0.4 is 10.1 Å². The highest BCUT2D eigenvalue weighted by atomic mass is 16.5. The maximum absolute atomic E-state index is 9.94. The summed E-state index contributed by atoms with van der Waals surface area (Å²) in [5.41, 5.74) is 0.695. The Hall–Kier alpha value is -1.57. The van der Waals surface area contributed by atoms with Crippen molar-refractivity contribution in [2.24, 2.45) is 5.92 Å². The topological polar surface area (TPSA) is 65.3 Å². The number of nitrogens with one attached hydrogen (secondary N) is 1. The molecule has 4 heteroatoms. The summed E-state index contributed by atoms with van der Waals surface area (Å²) in [6.45, 7) is 5.14. The number of ether oxygens (including phenoxy) is 1. The molecule has 0 amide bonds. The summed E-state index contributed by atoms with van der Waals surface area (Å²) in [6, 6.07) is 8.95. The van der Waals surface area contributed by atoms with E-state index in [2.05, 4.69) is 25.2 Å². The lowest BCUT2D eigenvalue weighted by atomic mass is 9.98. The molecule has 0 bridgehead atoms. The molecular formula is C16H22N2O2. The van der Waals surface area contributed by atoms with Gasteiger partial charge in [0.25, 0.3) is 0 Å². The molecule has 4 nitrogen and oxygen atoms in total. The van der Waals surface area contributed by atoms with Gasteiger partial charge in [-0.15, -0.1) is 0 Å². The fourth-order valence-corrected chi connectivity index (χ4v) is 2.21. The van der Waals surface area contributed by atoms with E-state index in [4.69, 9.17) is 10.00 Å². The highest BCUT2D eigenvalue weighted by molar-refractivity contribution is 5.34. The molecule has 1 fully saturated rings. The Bertz CT molecular complexity index is 472. The molecule has 20 heavy (non-hydrogen) atoms. The Morgan fingerprint density at radius 2 is 2.05 bits per heavy atom. The molecular weight excluding hydrogens is 252 g/mol. The molecule has 1 aliphatic rings. The summed E-state index contributed by atoms with van der Waals surface area (Å²) in [6.07, 6.45) is 2.01. The average Bonchev–Trinajstić information content (AvgIpc) is 3.28. The van der Waals surface area contributed by atoms with Gasteiger partial charge in [0.15, 0.2) is 0 Å². The zero-order chi connectivity index (χ0) is 14.6. The molecule has 2 N–H and O–H groups in total. The van der Waals surface area contributed by atoms with Crippen molar-refractivity contribution in [3.05, 3.63) is 29.8 Å². The third kappa shape index (κ3) is 4.22. The smallest absolute Gasteiger partial charge is 0.119 e. The molecule has 1 aromatic carbocycles. The molecule has 1 unspecified atom stereocenters. The van der Waals surface area contributed by atoms with E-state index in [1.165, 1.54) is 12.8 Å². The van der Waals surface area contributed by atoms with Crippen molar-refractivity contribution in [3.8, 4) is 11.8 Å². The lowest BCUT2D eigenvalue weighted by Gasteiger charge is -2.27. The van der Waals surface area contributed by atoms with Crippen molar-refractivity contribution in [1.29, 1.82) is 5.26 Å². The first-order valence-electron chi connectivity index (χ1n) is 7.07. The van der Waals surface area contributed by atoms with Crippen LogP contribution in [0.4, 0.5) is 0 Å². The fraction of sp³-hybridized carbons (Fsp3) is 0.562. The van der Waals surface area contributed by atoms with E-state index in [-0.39, 0.29) is 12.1 Å². The van der Waals surface area contributed by atoms with Crippen molar-refractivity contribution >= 4 is 0 Å². The first-order valence-corrected chi connectivity index (χ1v) is 7.07. The van der Waals surface area contributed by atoms with Crippen LogP contribution in [-0.4, -0.2) is 29.9 Å². The summed E-state index contributed by atoms with van der Waals surface area (Å²) in [5, 5.41) is 22.0. The number of benzene rings is 1. The zero-order valence-electron chi connectivity index (χ0n) is 12.1. The minimum Gasteiger partial charge on any atom is -0.491 e. The molecule has 0 saturated heterocycles. The molecule has 1 saturated carbocycles. The van der Waals surface area contributed by atoms with Crippen molar-refractivity contribution in [3.63, 3.8) is 0 Å². The van der Waals surface area contributed by atoms with Crippen LogP contribution in [-0.2, 0) is 0 Å². The van der Waals surface area contributed by atoms with Crippen LogP contribution in [0.5, 0.6) is 5.75 Å². The second-order valence-corrected chi connectivity index (χ2v) is 5.98. The maximum atomic E-state index is 9.94. The highest BCUT2D eigenvalue weighted by Crippen LogP contribution is 2.39. The van der Waals surface area contributed by atoms with E-state index in [1.807, 2.05) is 0 Å². The van der Waals surface area contributed by atoms with Gasteiger partial charge in [0.2, 0.25) is 0 Å². The van der Waals surface area contributed by atoms with Crippen molar-refractivity contribution in [2.45, 2.75) is 38.3 Å². The minimum absolute atomic E-state index is 0.0927. The summed E-state index contributed by atoms with van der Waals surface area (Å²) in [5.74, 6) is 1.40. The summed E-state index contributed by atoms with van der Waals surface area (Å²) < 4.78 is 5.51. The summed E-state index contributed by atoms with van der Waals surface area (Å²) in [4.78, 5) is 0. The SMILES string of the molecule is CC(C)(NCC(O)COc1ccc(C#N)cc1)C1CC1. The third-order valence-electron chi connectivity index (χ3n) is 3.82. The summed E-state index contributed by atoms with van der Waals surface area (Å²) in [7, 11) is 0. The van der Waals surface area contributed by atoms with Gasteiger partial charge in [-0.05, 0) is 56.9 Å². The number of β-amino-alcohol motifs (C(OH)–C–C–N with tert-alkyl or cyclic N) is 1. The minimum atomic E-state index is -0.538. The van der Waals surface area contributed by atoms with E-state index in [0.717, 1.165) is 5.92 Å². The molecule has 1 aromatic rings. The van der Waals surface area contributed by atoms with E-state index in [0.29, 0.717) is 17.9 Å². The Balaban J connectivity index is 1.71. The van der Waals surface area contributed by atoms with Crippen LogP contribution in [0.2, 0.25) is 0 Å². The normalized spacial score (nSPS) is 16.5. The number of aliphatic hydroxyl groups excluding tert-OH is 1. The Kier molecular flexibility index (Phi) is 4.64. The number of nitrogens with zero attached hydrogens (tertiary/aromatic N) is 1. The lowest BCUT2D eigenvalue weighted by Crippen LogP contribution is -2.46. The summed E-state index contributed by atoms with van der Waals surface area (Å²) >= 11 is 0. The number of rotatable bonds is 7. The number of hydrogen-bond donors (Lipinski definition) is 2. The Labute approximate surface area is 120 Å². The van der Waals surface area contributed by atoms with Crippen molar-refractivity contribution < 1.29 is 9.84 Å². The second-order valence-electron chi connectivity index (χ2n) is 5.98. The lowest BCUT2D eigenvalue weighted by molar-refractivity contribution is 0.0971. The number of aliphatic hydroxyl groups is 1. The van der Waals surface area contributed by atoms with Gasteiger partial charge in [0, 0.05) is 12.1 Å². The van der Waals surface area contributed by atoms with Gasteiger partial charge in [-0.25, -0.2) is 0 Å². The maximum Gasteiger partial charge on any atom is 0.119 e. The van der Waals surface area contributed by atoms with Crippen LogP contribution in [0.15, 0.2) is 24.3 Å². The molecule has 0 heterocycles. The standard InChI is InChI=1S/C16H22N2O2/c1-16(2,13-5-6-13)18-10-14(19)11-20-15-7-3-12(9-17)4-8-15/h3-4,7-8,13-14,18-19H,5-6,10-11H2,1-2H3. The third-order valence-corrected chi connectivity index (χ3v) is 3.82. The Morgan fingerprint density at radius 3 is 2.60 bits per heavy atom. The molecule has 1 atom stereocenters. The number of nitriles is 1. The van der Waals surface area contributed by atoms with E-state index in [1.54, 1.807) is 24.3 Å². The largest absolute Gasteiger partial charge is 0.491 e. The van der Waals surface area contributed by atoms with Gasteiger partial charge < -0.3 is 15.2 Å². The molecule has 0 aliphatic heterocycles. The van der Waals surface area contributed by atoms with E-state index < -0.39 is 6.10 Å².